The Hall–Kier alpha value is -1.59. The predicted octanol–water partition coefficient (Wildman–Crippen LogP) is 0.396. The van der Waals surface area contributed by atoms with Gasteiger partial charge in [0, 0.05) is 5.69 Å². The Morgan fingerprint density at radius 2 is 1.89 bits per heavy atom. The second kappa shape index (κ2) is 8.49. The summed E-state index contributed by atoms with van der Waals surface area (Å²) in [5.74, 6) is 0. The zero-order chi connectivity index (χ0) is 13.2. The second-order valence-corrected chi connectivity index (χ2v) is 4.20. The molecule has 0 spiro atoms. The van der Waals surface area contributed by atoms with Gasteiger partial charge in [0.25, 0.3) is 0 Å². The molecule has 0 aliphatic rings. The highest BCUT2D eigenvalue weighted by atomic mass is 16.6. The lowest BCUT2D eigenvalue weighted by molar-refractivity contribution is -0.858. The molecule has 1 aromatic rings. The number of benzene rings is 1. The molecule has 1 aromatic carbocycles. The number of carbonyl (C=O) groups excluding carboxylic acids is 1. The van der Waals surface area contributed by atoms with E-state index in [1.165, 1.54) is 4.90 Å². The van der Waals surface area contributed by atoms with Gasteiger partial charge >= 0.3 is 6.09 Å². The number of nitrogens with one attached hydrogen (secondary N) is 2. The number of para-hydroxylation sites is 1. The molecule has 100 valence electrons. The first-order chi connectivity index (χ1) is 8.68. The first-order valence-corrected chi connectivity index (χ1v) is 6.04. The van der Waals surface area contributed by atoms with Crippen molar-refractivity contribution in [1.82, 2.24) is 0 Å². The average Bonchev–Trinajstić information content (AvgIpc) is 2.34. The van der Waals surface area contributed by atoms with Crippen LogP contribution in [0.1, 0.15) is 0 Å². The lowest BCUT2D eigenvalue weighted by Gasteiger charge is -2.09. The Labute approximate surface area is 108 Å². The fraction of sp³-hybridized carbons (Fsp3) is 0.462. The third kappa shape index (κ3) is 6.88. The number of anilines is 1. The molecule has 0 unspecified atom stereocenters. The summed E-state index contributed by atoms with van der Waals surface area (Å²) < 4.78 is 10.3. The fourth-order valence-electron chi connectivity index (χ4n) is 1.25. The van der Waals surface area contributed by atoms with Crippen molar-refractivity contribution in [3.63, 3.8) is 0 Å². The molecule has 18 heavy (non-hydrogen) atoms. The molecular formula is C13H21N2O3+. The molecule has 0 radical (unpaired) electrons. The van der Waals surface area contributed by atoms with Gasteiger partial charge in [-0.1, -0.05) is 18.2 Å². The Bertz CT molecular complexity index is 341. The maximum atomic E-state index is 11.4. The van der Waals surface area contributed by atoms with E-state index in [2.05, 4.69) is 19.4 Å². The number of quaternary nitrogens is 1. The van der Waals surface area contributed by atoms with Gasteiger partial charge in [0.15, 0.2) is 0 Å². The Kier molecular flexibility index (Phi) is 6.83. The number of rotatable bonds is 7. The van der Waals surface area contributed by atoms with Crippen molar-refractivity contribution in [1.29, 1.82) is 0 Å². The van der Waals surface area contributed by atoms with Gasteiger partial charge < -0.3 is 14.4 Å². The normalized spacial score (nSPS) is 10.4. The number of hydrogen-bond acceptors (Lipinski definition) is 3. The maximum absolute atomic E-state index is 11.4. The van der Waals surface area contributed by atoms with Gasteiger partial charge in [-0.05, 0) is 12.1 Å². The van der Waals surface area contributed by atoms with Crippen molar-refractivity contribution in [2.24, 2.45) is 0 Å². The minimum Gasteiger partial charge on any atom is -0.447 e. The van der Waals surface area contributed by atoms with Crippen LogP contribution < -0.4 is 10.2 Å². The minimum atomic E-state index is -0.456. The highest BCUT2D eigenvalue weighted by Crippen LogP contribution is 2.04. The molecule has 0 saturated carbocycles. The Balaban J connectivity index is 2.04. The van der Waals surface area contributed by atoms with Crippen LogP contribution in [0.25, 0.3) is 0 Å². The lowest BCUT2D eigenvalue weighted by atomic mass is 10.3. The smallest absolute Gasteiger partial charge is 0.411 e. The summed E-state index contributed by atoms with van der Waals surface area (Å²) in [6.45, 7) is 2.30. The van der Waals surface area contributed by atoms with Crippen LogP contribution in [-0.4, -0.2) is 46.6 Å². The van der Waals surface area contributed by atoms with E-state index in [4.69, 9.17) is 9.47 Å². The van der Waals surface area contributed by atoms with E-state index in [9.17, 15) is 4.79 Å². The molecule has 1 amide bonds. The molecule has 0 bridgehead atoms. The topological polar surface area (TPSA) is 52.0 Å². The highest BCUT2D eigenvalue weighted by Gasteiger charge is 2.02. The first-order valence-electron chi connectivity index (χ1n) is 6.04. The van der Waals surface area contributed by atoms with Crippen LogP contribution in [0.15, 0.2) is 30.3 Å². The molecule has 5 nitrogen and oxygen atoms in total. The number of ether oxygens (including phenoxy) is 2. The molecule has 2 N–H and O–H groups in total. The van der Waals surface area contributed by atoms with Crippen LogP contribution in [0.3, 0.4) is 0 Å². The van der Waals surface area contributed by atoms with Crippen LogP contribution in [0.5, 0.6) is 0 Å². The van der Waals surface area contributed by atoms with Crippen molar-refractivity contribution in [3.8, 4) is 0 Å². The summed E-state index contributed by atoms with van der Waals surface area (Å²) in [4.78, 5) is 12.7. The third-order valence-corrected chi connectivity index (χ3v) is 2.23. The number of carbonyl (C=O) groups is 1. The summed E-state index contributed by atoms with van der Waals surface area (Å²) in [6.07, 6.45) is -0.456. The van der Waals surface area contributed by atoms with Gasteiger partial charge in [-0.25, -0.2) is 4.79 Å². The molecule has 0 heterocycles. The van der Waals surface area contributed by atoms with Gasteiger partial charge in [-0.3, -0.25) is 5.32 Å². The monoisotopic (exact) mass is 253 g/mol. The van der Waals surface area contributed by atoms with E-state index in [1.54, 1.807) is 12.1 Å². The molecule has 0 aromatic heterocycles. The fourth-order valence-corrected chi connectivity index (χ4v) is 1.25. The predicted molar refractivity (Wildman–Crippen MR) is 69.9 cm³/mol. The molecule has 0 aliphatic carbocycles. The second-order valence-electron chi connectivity index (χ2n) is 4.20. The van der Waals surface area contributed by atoms with Gasteiger partial charge in [-0.2, -0.15) is 0 Å². The van der Waals surface area contributed by atoms with Crippen molar-refractivity contribution >= 4 is 11.8 Å². The van der Waals surface area contributed by atoms with E-state index in [0.717, 1.165) is 12.2 Å². The molecule has 1 rings (SSSR count). The van der Waals surface area contributed by atoms with E-state index in [0.29, 0.717) is 13.2 Å². The molecule has 0 fully saturated rings. The Morgan fingerprint density at radius 3 is 2.56 bits per heavy atom. The SMILES string of the molecule is C[NH+](C)CCOCCOC(=O)Nc1ccccc1. The van der Waals surface area contributed by atoms with Gasteiger partial charge in [0.2, 0.25) is 0 Å². The molecule has 0 aliphatic heterocycles. The van der Waals surface area contributed by atoms with Crippen molar-refractivity contribution < 1.29 is 19.2 Å². The van der Waals surface area contributed by atoms with Crippen molar-refractivity contribution in [2.45, 2.75) is 0 Å². The quantitative estimate of drug-likeness (QED) is 0.691. The van der Waals surface area contributed by atoms with Crippen LogP contribution in [0.4, 0.5) is 10.5 Å². The van der Waals surface area contributed by atoms with Crippen LogP contribution >= 0.6 is 0 Å². The van der Waals surface area contributed by atoms with Crippen LogP contribution in [0, 0.1) is 0 Å². The van der Waals surface area contributed by atoms with Gasteiger partial charge in [-0.15, -0.1) is 0 Å². The molecular weight excluding hydrogens is 232 g/mol. The van der Waals surface area contributed by atoms with E-state index in [-0.39, 0.29) is 6.61 Å². The first kappa shape index (κ1) is 14.5. The van der Waals surface area contributed by atoms with E-state index >= 15 is 0 Å². The summed E-state index contributed by atoms with van der Waals surface area (Å²) in [5, 5.41) is 2.63. The molecule has 0 atom stereocenters. The summed E-state index contributed by atoms with van der Waals surface area (Å²) in [7, 11) is 4.13. The van der Waals surface area contributed by atoms with Crippen LogP contribution in [0.2, 0.25) is 0 Å². The Morgan fingerprint density at radius 1 is 1.17 bits per heavy atom. The number of amides is 1. The van der Waals surface area contributed by atoms with E-state index < -0.39 is 6.09 Å². The average molecular weight is 253 g/mol. The zero-order valence-electron chi connectivity index (χ0n) is 10.9. The van der Waals surface area contributed by atoms with Gasteiger partial charge in [0.1, 0.15) is 13.2 Å². The van der Waals surface area contributed by atoms with Crippen molar-refractivity contribution in [2.75, 3.05) is 45.8 Å². The number of hydrogen-bond donors (Lipinski definition) is 2. The largest absolute Gasteiger partial charge is 0.447 e. The van der Waals surface area contributed by atoms with Crippen molar-refractivity contribution in [3.05, 3.63) is 30.3 Å². The summed E-state index contributed by atoms with van der Waals surface area (Å²) in [5.41, 5.74) is 0.722. The highest BCUT2D eigenvalue weighted by molar-refractivity contribution is 5.84. The summed E-state index contributed by atoms with van der Waals surface area (Å²) >= 11 is 0. The standard InChI is InChI=1S/C13H20N2O3/c1-15(2)8-9-17-10-11-18-13(16)14-12-6-4-3-5-7-12/h3-7H,8-11H2,1-2H3,(H,14,16)/p+1. The third-order valence-electron chi connectivity index (χ3n) is 2.23. The van der Waals surface area contributed by atoms with Crippen LogP contribution in [-0.2, 0) is 9.47 Å². The summed E-state index contributed by atoms with van der Waals surface area (Å²) in [6, 6.07) is 9.19. The lowest BCUT2D eigenvalue weighted by Crippen LogP contribution is -3.06. The maximum Gasteiger partial charge on any atom is 0.411 e. The molecule has 5 heteroatoms. The van der Waals surface area contributed by atoms with E-state index in [1.807, 2.05) is 18.2 Å². The zero-order valence-corrected chi connectivity index (χ0v) is 10.9. The number of likely N-dealkylation sites (N-methyl/N-ethyl adjacent to an activating group) is 1. The molecule has 0 saturated heterocycles. The minimum absolute atomic E-state index is 0.265. The van der Waals surface area contributed by atoms with Gasteiger partial charge in [0.05, 0.1) is 27.3 Å².